The second kappa shape index (κ2) is 9.39. The second-order valence-electron chi connectivity index (χ2n) is 8.53. The summed E-state index contributed by atoms with van der Waals surface area (Å²) in [7, 11) is 0. The summed E-state index contributed by atoms with van der Waals surface area (Å²) in [5.41, 5.74) is 10.6. The van der Waals surface area contributed by atoms with Crippen LogP contribution in [0.15, 0.2) is 97.1 Å². The van der Waals surface area contributed by atoms with Crippen LogP contribution in [0.1, 0.15) is 16.1 Å². The van der Waals surface area contributed by atoms with E-state index >= 15 is 0 Å². The quantitative estimate of drug-likeness (QED) is 0.241. The van der Waals surface area contributed by atoms with Crippen molar-refractivity contribution in [2.45, 2.75) is 12.9 Å². The number of halogens is 3. The van der Waals surface area contributed by atoms with Crippen LogP contribution >= 0.6 is 0 Å². The van der Waals surface area contributed by atoms with Gasteiger partial charge in [0.1, 0.15) is 11.4 Å². The third-order valence-corrected chi connectivity index (χ3v) is 6.02. The fourth-order valence-corrected chi connectivity index (χ4v) is 4.55. The summed E-state index contributed by atoms with van der Waals surface area (Å²) in [5.74, 6) is -1.52. The number of anilines is 1. The lowest BCUT2D eigenvalue weighted by Gasteiger charge is -2.13. The number of carbonyl (C=O) groups is 1. The summed E-state index contributed by atoms with van der Waals surface area (Å²) < 4.78 is 44.1. The van der Waals surface area contributed by atoms with Crippen LogP contribution in [0.4, 0.5) is 18.9 Å². The van der Waals surface area contributed by atoms with E-state index in [0.29, 0.717) is 27.7 Å². The first-order valence-electron chi connectivity index (χ1n) is 11.4. The maximum absolute atomic E-state index is 12.8. The third-order valence-electron chi connectivity index (χ3n) is 6.02. The molecular weight excluding hydrogens is 481 g/mol. The molecule has 5 aromatic rings. The van der Waals surface area contributed by atoms with Crippen LogP contribution in [0.3, 0.4) is 0 Å². The van der Waals surface area contributed by atoms with E-state index in [9.17, 15) is 23.1 Å². The minimum atomic E-state index is -4.84. The predicted molar refractivity (Wildman–Crippen MR) is 136 cm³/mol. The number of benzene rings is 4. The largest absolute Gasteiger partial charge is 0.573 e. The van der Waals surface area contributed by atoms with Crippen LogP contribution < -0.4 is 10.5 Å². The van der Waals surface area contributed by atoms with Gasteiger partial charge >= 0.3 is 12.3 Å². The van der Waals surface area contributed by atoms with Crippen LogP contribution in [-0.2, 0) is 6.54 Å². The molecule has 4 aromatic carbocycles. The predicted octanol–water partition coefficient (Wildman–Crippen LogP) is 7.20. The Balaban J connectivity index is 1.73. The van der Waals surface area contributed by atoms with E-state index in [1.54, 1.807) is 16.7 Å². The maximum atomic E-state index is 12.8. The molecule has 0 unspecified atom stereocenters. The Kier molecular flexibility index (Phi) is 6.09. The zero-order valence-corrected chi connectivity index (χ0v) is 19.4. The number of carboxylic acid groups (broad SMARTS) is 1. The van der Waals surface area contributed by atoms with Gasteiger partial charge in [-0.1, -0.05) is 66.7 Å². The SMILES string of the molecule is Nc1cccc(-c2ccc3c(-c4ccccc4)c(C(=O)O)n(Cc4cccc(OC(F)(F)F)c4)c3c2)c1. The number of nitrogens with zero attached hydrogens (tertiary/aromatic N) is 1. The molecule has 1 aromatic heterocycles. The molecule has 0 aliphatic heterocycles. The van der Waals surface area contributed by atoms with Crippen molar-refractivity contribution in [1.82, 2.24) is 4.57 Å². The summed E-state index contributed by atoms with van der Waals surface area (Å²) >= 11 is 0. The molecule has 8 heteroatoms. The lowest BCUT2D eigenvalue weighted by molar-refractivity contribution is -0.274. The average Bonchev–Trinajstić information content (AvgIpc) is 3.17. The van der Waals surface area contributed by atoms with Crippen LogP contribution in [0.5, 0.6) is 5.75 Å². The molecule has 0 atom stereocenters. The molecule has 5 rings (SSSR count). The van der Waals surface area contributed by atoms with E-state index in [-0.39, 0.29) is 18.0 Å². The van der Waals surface area contributed by atoms with E-state index in [1.165, 1.54) is 18.2 Å². The number of hydrogen-bond acceptors (Lipinski definition) is 3. The first-order chi connectivity index (χ1) is 17.7. The van der Waals surface area contributed by atoms with E-state index in [2.05, 4.69) is 4.74 Å². The Morgan fingerprint density at radius 3 is 2.24 bits per heavy atom. The van der Waals surface area contributed by atoms with Gasteiger partial charge in [-0.05, 0) is 52.6 Å². The molecule has 3 N–H and O–H groups in total. The van der Waals surface area contributed by atoms with Crippen molar-refractivity contribution < 1.29 is 27.8 Å². The summed E-state index contributed by atoms with van der Waals surface area (Å²) in [5, 5.41) is 11.0. The van der Waals surface area contributed by atoms with Gasteiger partial charge in [0.2, 0.25) is 0 Å². The molecule has 0 fully saturated rings. The van der Waals surface area contributed by atoms with E-state index < -0.39 is 12.3 Å². The van der Waals surface area contributed by atoms with Gasteiger partial charge in [-0.3, -0.25) is 0 Å². The number of hydrogen-bond donors (Lipinski definition) is 2. The van der Waals surface area contributed by atoms with Crippen LogP contribution in [0.25, 0.3) is 33.2 Å². The molecule has 5 nitrogen and oxygen atoms in total. The molecule has 0 spiro atoms. The van der Waals surface area contributed by atoms with E-state index in [1.807, 2.05) is 66.7 Å². The second-order valence-corrected chi connectivity index (χ2v) is 8.53. The summed E-state index contributed by atoms with van der Waals surface area (Å²) in [6.45, 7) is 0.0143. The highest BCUT2D eigenvalue weighted by atomic mass is 19.4. The monoisotopic (exact) mass is 502 g/mol. The van der Waals surface area contributed by atoms with Gasteiger partial charge < -0.3 is 20.1 Å². The molecule has 0 amide bonds. The van der Waals surface area contributed by atoms with E-state index in [4.69, 9.17) is 5.73 Å². The van der Waals surface area contributed by atoms with Crippen molar-refractivity contribution in [2.75, 3.05) is 5.73 Å². The number of aromatic nitrogens is 1. The third kappa shape index (κ3) is 4.99. The Hall–Kier alpha value is -4.72. The molecular formula is C29H21F3N2O3. The summed E-state index contributed by atoms with van der Waals surface area (Å²) in [6.07, 6.45) is -4.84. The van der Waals surface area contributed by atoms with E-state index in [0.717, 1.165) is 16.7 Å². The molecule has 0 aliphatic rings. The lowest BCUT2D eigenvalue weighted by Crippen LogP contribution is -2.17. The number of carboxylic acids is 1. The fourth-order valence-electron chi connectivity index (χ4n) is 4.55. The maximum Gasteiger partial charge on any atom is 0.573 e. The number of nitrogens with two attached hydrogens (primary N) is 1. The summed E-state index contributed by atoms with van der Waals surface area (Å²) in [6, 6.07) is 27.6. The topological polar surface area (TPSA) is 77.5 Å². The normalized spacial score (nSPS) is 11.5. The number of fused-ring (bicyclic) bond motifs is 1. The molecule has 0 radical (unpaired) electrons. The first kappa shape index (κ1) is 24.0. The molecule has 0 aliphatic carbocycles. The first-order valence-corrected chi connectivity index (χ1v) is 11.4. The van der Waals surface area contributed by atoms with Crippen molar-refractivity contribution in [2.24, 2.45) is 0 Å². The highest BCUT2D eigenvalue weighted by molar-refractivity contribution is 6.09. The minimum absolute atomic E-state index is 0.0143. The Morgan fingerprint density at radius 1 is 0.838 bits per heavy atom. The Labute approximate surface area is 210 Å². The van der Waals surface area contributed by atoms with Gasteiger partial charge in [0, 0.05) is 23.2 Å². The van der Waals surface area contributed by atoms with Gasteiger partial charge in [-0.25, -0.2) is 4.79 Å². The standard InChI is InChI=1S/C29H21F3N2O3/c30-29(31,32)37-23-11-4-6-18(14-23)17-34-25-16-21(20-9-5-10-22(33)15-20)12-13-24(25)26(27(34)28(35)36)19-7-2-1-3-8-19/h1-16H,17,33H2,(H,35,36). The van der Waals surface area contributed by atoms with Crippen molar-refractivity contribution >= 4 is 22.6 Å². The van der Waals surface area contributed by atoms with Crippen molar-refractivity contribution in [3.05, 3.63) is 108 Å². The van der Waals surface area contributed by atoms with Gasteiger partial charge in [-0.2, -0.15) is 0 Å². The van der Waals surface area contributed by atoms with Gasteiger partial charge in [0.15, 0.2) is 0 Å². The minimum Gasteiger partial charge on any atom is -0.477 e. The number of alkyl halides is 3. The van der Waals surface area contributed by atoms with Crippen molar-refractivity contribution in [3.8, 4) is 28.0 Å². The number of nitrogen functional groups attached to an aromatic ring is 1. The molecule has 186 valence electrons. The van der Waals surface area contributed by atoms with Crippen LogP contribution in [-0.4, -0.2) is 22.0 Å². The van der Waals surface area contributed by atoms with Crippen LogP contribution in [0.2, 0.25) is 0 Å². The van der Waals surface area contributed by atoms with Gasteiger partial charge in [-0.15, -0.1) is 13.2 Å². The zero-order chi connectivity index (χ0) is 26.2. The molecule has 0 saturated heterocycles. The van der Waals surface area contributed by atoms with Gasteiger partial charge in [0.05, 0.1) is 5.52 Å². The fraction of sp³-hybridized carbons (Fsp3) is 0.0690. The zero-order valence-electron chi connectivity index (χ0n) is 19.4. The smallest absolute Gasteiger partial charge is 0.477 e. The number of ether oxygens (including phenoxy) is 1. The highest BCUT2D eigenvalue weighted by Gasteiger charge is 2.31. The van der Waals surface area contributed by atoms with Crippen LogP contribution in [0, 0.1) is 0 Å². The molecule has 37 heavy (non-hydrogen) atoms. The number of aromatic carboxylic acids is 1. The van der Waals surface area contributed by atoms with Gasteiger partial charge in [0.25, 0.3) is 0 Å². The van der Waals surface area contributed by atoms with Crippen molar-refractivity contribution in [1.29, 1.82) is 0 Å². The van der Waals surface area contributed by atoms with Crippen molar-refractivity contribution in [3.63, 3.8) is 0 Å². The molecule has 0 saturated carbocycles. The molecule has 1 heterocycles. The number of rotatable bonds is 6. The summed E-state index contributed by atoms with van der Waals surface area (Å²) in [4.78, 5) is 12.6. The highest BCUT2D eigenvalue weighted by Crippen LogP contribution is 2.38. The lowest BCUT2D eigenvalue weighted by atomic mass is 9.99. The Bertz CT molecular complexity index is 1610. The Morgan fingerprint density at radius 2 is 1.54 bits per heavy atom. The molecule has 0 bridgehead atoms. The average molecular weight is 502 g/mol.